The van der Waals surface area contributed by atoms with Gasteiger partial charge in [0.15, 0.2) is 6.61 Å². The van der Waals surface area contributed by atoms with Crippen LogP contribution in [0.25, 0.3) is 0 Å². The number of rotatable bonds is 6. The zero-order valence-corrected chi connectivity index (χ0v) is 16.1. The molecule has 5 heteroatoms. The molecule has 0 N–H and O–H groups in total. The molecule has 0 spiro atoms. The Bertz CT molecular complexity index is 762. The molecule has 1 fully saturated rings. The van der Waals surface area contributed by atoms with E-state index in [0.29, 0.717) is 6.04 Å². The molecule has 0 aliphatic carbocycles. The van der Waals surface area contributed by atoms with Crippen LogP contribution in [-0.4, -0.2) is 46.5 Å². The fourth-order valence-corrected chi connectivity index (χ4v) is 4.30. The lowest BCUT2D eigenvalue weighted by Gasteiger charge is -2.36. The normalized spacial score (nSPS) is 19.9. The van der Waals surface area contributed by atoms with Crippen molar-refractivity contribution in [3.8, 4) is 5.75 Å². The van der Waals surface area contributed by atoms with E-state index in [4.69, 9.17) is 4.74 Å². The van der Waals surface area contributed by atoms with E-state index >= 15 is 0 Å². The van der Waals surface area contributed by atoms with Gasteiger partial charge in [-0.3, -0.25) is 9.69 Å². The molecule has 0 radical (unpaired) electrons. The zero-order valence-electron chi connectivity index (χ0n) is 16.1. The number of nitrogens with zero attached hydrogens (tertiary/aromatic N) is 3. The van der Waals surface area contributed by atoms with E-state index in [2.05, 4.69) is 46.9 Å². The topological polar surface area (TPSA) is 37.7 Å². The number of fused-ring (bicyclic) bond motifs is 1. The summed E-state index contributed by atoms with van der Waals surface area (Å²) >= 11 is 0. The van der Waals surface area contributed by atoms with E-state index in [1.54, 1.807) is 0 Å². The number of hydrogen-bond donors (Lipinski definition) is 0. The Labute approximate surface area is 161 Å². The van der Waals surface area contributed by atoms with Gasteiger partial charge in [-0.2, -0.15) is 0 Å². The molecule has 1 aromatic carbocycles. The maximum Gasteiger partial charge on any atom is 0.260 e. The van der Waals surface area contributed by atoms with Crippen LogP contribution in [0.4, 0.5) is 0 Å². The quantitative estimate of drug-likeness (QED) is 0.785. The maximum atomic E-state index is 12.1. The second-order valence-corrected chi connectivity index (χ2v) is 7.54. The first-order chi connectivity index (χ1) is 13.2. The highest BCUT2D eigenvalue weighted by Crippen LogP contribution is 2.30. The van der Waals surface area contributed by atoms with Crippen LogP contribution in [0, 0.1) is 0 Å². The second-order valence-electron chi connectivity index (χ2n) is 7.54. The third-order valence-electron chi connectivity index (χ3n) is 5.79. The summed E-state index contributed by atoms with van der Waals surface area (Å²) in [5.74, 6) is 0.865. The number of aromatic nitrogens is 1. The first-order valence-electron chi connectivity index (χ1n) is 10.1. The minimum atomic E-state index is 0.0960. The Hall–Kier alpha value is -2.27. The molecule has 1 atom stereocenters. The first kappa shape index (κ1) is 18.1. The Kier molecular flexibility index (Phi) is 5.48. The van der Waals surface area contributed by atoms with Crippen molar-refractivity contribution in [2.45, 2.75) is 45.3 Å². The first-order valence-corrected chi connectivity index (χ1v) is 10.1. The molecule has 144 valence electrons. The predicted molar refractivity (Wildman–Crippen MR) is 106 cm³/mol. The standard InChI is InChI=1S/C22H29N3O2/c1-2-20-21-6-5-13-23(21)14-15-25(20)16-18-7-9-19(10-8-18)27-17-22(26)24-11-3-4-12-24/h5-10,13,20H,2-4,11-12,14-17H2,1H3/t20-/m1/s1. The van der Waals surface area contributed by atoms with Crippen molar-refractivity contribution in [2.75, 3.05) is 26.2 Å². The van der Waals surface area contributed by atoms with Gasteiger partial charge in [-0.25, -0.2) is 0 Å². The van der Waals surface area contributed by atoms with E-state index in [9.17, 15) is 4.79 Å². The van der Waals surface area contributed by atoms with Gasteiger partial charge in [-0.15, -0.1) is 0 Å². The zero-order chi connectivity index (χ0) is 18.6. The Morgan fingerprint density at radius 2 is 1.85 bits per heavy atom. The lowest BCUT2D eigenvalue weighted by atomic mass is 10.1. The molecule has 0 unspecified atom stereocenters. The van der Waals surface area contributed by atoms with Gasteiger partial charge >= 0.3 is 0 Å². The molecule has 0 saturated carbocycles. The Morgan fingerprint density at radius 3 is 2.59 bits per heavy atom. The summed E-state index contributed by atoms with van der Waals surface area (Å²) in [6.07, 6.45) is 5.52. The molecular weight excluding hydrogens is 338 g/mol. The molecule has 1 aromatic heterocycles. The summed E-state index contributed by atoms with van der Waals surface area (Å²) in [6, 6.07) is 13.1. The summed E-state index contributed by atoms with van der Waals surface area (Å²) < 4.78 is 8.07. The van der Waals surface area contributed by atoms with Crippen LogP contribution in [0.2, 0.25) is 0 Å². The van der Waals surface area contributed by atoms with E-state index in [1.807, 2.05) is 17.0 Å². The third kappa shape index (κ3) is 4.03. The van der Waals surface area contributed by atoms with Crippen molar-refractivity contribution < 1.29 is 9.53 Å². The Balaban J connectivity index is 1.33. The number of carbonyl (C=O) groups is 1. The minimum Gasteiger partial charge on any atom is -0.484 e. The van der Waals surface area contributed by atoms with Crippen LogP contribution < -0.4 is 4.74 Å². The largest absolute Gasteiger partial charge is 0.484 e. The molecular formula is C22H29N3O2. The molecule has 0 bridgehead atoms. The van der Waals surface area contributed by atoms with Crippen molar-refractivity contribution in [2.24, 2.45) is 0 Å². The van der Waals surface area contributed by atoms with Gasteiger partial charge < -0.3 is 14.2 Å². The molecule has 1 amide bonds. The van der Waals surface area contributed by atoms with Crippen LogP contribution in [0.15, 0.2) is 42.6 Å². The molecule has 5 nitrogen and oxygen atoms in total. The van der Waals surface area contributed by atoms with E-state index in [0.717, 1.165) is 57.7 Å². The van der Waals surface area contributed by atoms with Gasteiger partial charge in [-0.1, -0.05) is 19.1 Å². The van der Waals surface area contributed by atoms with Crippen LogP contribution in [0.5, 0.6) is 5.75 Å². The highest BCUT2D eigenvalue weighted by molar-refractivity contribution is 5.78. The Morgan fingerprint density at radius 1 is 1.07 bits per heavy atom. The summed E-state index contributed by atoms with van der Waals surface area (Å²) in [6.45, 7) is 7.21. The monoisotopic (exact) mass is 367 g/mol. The van der Waals surface area contributed by atoms with E-state index in [1.165, 1.54) is 11.3 Å². The minimum absolute atomic E-state index is 0.0960. The van der Waals surface area contributed by atoms with Crippen molar-refractivity contribution in [3.63, 3.8) is 0 Å². The van der Waals surface area contributed by atoms with Gasteiger partial charge in [0.25, 0.3) is 5.91 Å². The highest BCUT2D eigenvalue weighted by atomic mass is 16.5. The number of likely N-dealkylation sites (tertiary alicyclic amines) is 1. The average Bonchev–Trinajstić information content (AvgIpc) is 3.39. The third-order valence-corrected chi connectivity index (χ3v) is 5.79. The second kappa shape index (κ2) is 8.17. The highest BCUT2D eigenvalue weighted by Gasteiger charge is 2.25. The summed E-state index contributed by atoms with van der Waals surface area (Å²) in [5.41, 5.74) is 2.70. The predicted octanol–water partition coefficient (Wildman–Crippen LogP) is 3.46. The fourth-order valence-electron chi connectivity index (χ4n) is 4.30. The SMILES string of the molecule is CC[C@@H]1c2cccn2CCN1Cc1ccc(OCC(=O)N2CCCC2)cc1. The average molecular weight is 367 g/mol. The van der Waals surface area contributed by atoms with Crippen LogP contribution in [0.1, 0.15) is 43.5 Å². The molecule has 1 saturated heterocycles. The molecule has 2 aliphatic rings. The number of amides is 1. The maximum absolute atomic E-state index is 12.1. The van der Waals surface area contributed by atoms with E-state index < -0.39 is 0 Å². The van der Waals surface area contributed by atoms with Gasteiger partial charge in [0.2, 0.25) is 0 Å². The summed E-state index contributed by atoms with van der Waals surface area (Å²) in [7, 11) is 0. The van der Waals surface area contributed by atoms with E-state index in [-0.39, 0.29) is 12.5 Å². The smallest absolute Gasteiger partial charge is 0.260 e. The summed E-state index contributed by atoms with van der Waals surface area (Å²) in [4.78, 5) is 16.5. The van der Waals surface area contributed by atoms with Gasteiger partial charge in [0.05, 0.1) is 6.04 Å². The molecule has 27 heavy (non-hydrogen) atoms. The van der Waals surface area contributed by atoms with Crippen LogP contribution in [-0.2, 0) is 17.9 Å². The number of carbonyl (C=O) groups excluding carboxylic acids is 1. The summed E-state index contributed by atoms with van der Waals surface area (Å²) in [5, 5.41) is 0. The number of ether oxygens (including phenoxy) is 1. The molecule has 2 aromatic rings. The van der Waals surface area contributed by atoms with Crippen LogP contribution in [0.3, 0.4) is 0 Å². The lowest BCUT2D eigenvalue weighted by Crippen LogP contribution is -2.37. The molecule has 3 heterocycles. The lowest BCUT2D eigenvalue weighted by molar-refractivity contribution is -0.132. The molecule has 2 aliphatic heterocycles. The van der Waals surface area contributed by atoms with Crippen LogP contribution >= 0.6 is 0 Å². The number of benzene rings is 1. The van der Waals surface area contributed by atoms with Crippen molar-refractivity contribution in [1.29, 1.82) is 0 Å². The number of hydrogen-bond acceptors (Lipinski definition) is 3. The molecule has 4 rings (SSSR count). The van der Waals surface area contributed by atoms with Crippen molar-refractivity contribution in [3.05, 3.63) is 53.9 Å². The van der Waals surface area contributed by atoms with Gasteiger partial charge in [-0.05, 0) is 49.1 Å². The van der Waals surface area contributed by atoms with Gasteiger partial charge in [0, 0.05) is 44.6 Å². The van der Waals surface area contributed by atoms with Crippen molar-refractivity contribution in [1.82, 2.24) is 14.4 Å². The van der Waals surface area contributed by atoms with Gasteiger partial charge in [0.1, 0.15) is 5.75 Å². The fraction of sp³-hybridized carbons (Fsp3) is 0.500. The van der Waals surface area contributed by atoms with Crippen molar-refractivity contribution >= 4 is 5.91 Å².